The first-order valence-electron chi connectivity index (χ1n) is 8.22. The van der Waals surface area contributed by atoms with Crippen LogP contribution in [0.5, 0.6) is 5.75 Å². The Morgan fingerprint density at radius 1 is 1.12 bits per heavy atom. The van der Waals surface area contributed by atoms with Crippen molar-refractivity contribution in [1.82, 2.24) is 15.3 Å². The average molecular weight is 331 g/mol. The summed E-state index contributed by atoms with van der Waals surface area (Å²) in [6, 6.07) is 15.4. The third-order valence-electron chi connectivity index (χ3n) is 4.15. The third-order valence-corrected chi connectivity index (χ3v) is 4.15. The van der Waals surface area contributed by atoms with Gasteiger partial charge in [0.1, 0.15) is 5.75 Å². The standard InChI is InChI=1S/C20H17N3O2/c24-20(23-16-11-12-25-19-8-4-1-5-15(16)19)10-9-14-13-21-17-6-2-3-7-18(17)22-14/h1-10,13,16H,11-12H2,(H,23,24)/b10-9+. The van der Waals surface area contributed by atoms with E-state index in [0.29, 0.717) is 12.3 Å². The van der Waals surface area contributed by atoms with E-state index < -0.39 is 0 Å². The largest absolute Gasteiger partial charge is 0.493 e. The number of rotatable bonds is 3. The lowest BCUT2D eigenvalue weighted by molar-refractivity contribution is -0.117. The normalized spacial score (nSPS) is 16.4. The zero-order chi connectivity index (χ0) is 17.1. The Balaban J connectivity index is 1.47. The Morgan fingerprint density at radius 2 is 1.92 bits per heavy atom. The van der Waals surface area contributed by atoms with Crippen LogP contribution in [0.25, 0.3) is 17.1 Å². The molecule has 5 nitrogen and oxygen atoms in total. The van der Waals surface area contributed by atoms with E-state index in [2.05, 4.69) is 15.3 Å². The summed E-state index contributed by atoms with van der Waals surface area (Å²) in [6.07, 6.45) is 5.60. The lowest BCUT2D eigenvalue weighted by atomic mass is 10.0. The number of nitrogens with zero attached hydrogens (tertiary/aromatic N) is 2. The molecule has 1 N–H and O–H groups in total. The predicted molar refractivity (Wildman–Crippen MR) is 96.0 cm³/mol. The van der Waals surface area contributed by atoms with Crippen molar-refractivity contribution in [3.05, 3.63) is 72.1 Å². The molecule has 0 saturated carbocycles. The van der Waals surface area contributed by atoms with Crippen LogP contribution in [-0.4, -0.2) is 22.5 Å². The molecule has 1 atom stereocenters. The van der Waals surface area contributed by atoms with E-state index in [1.165, 1.54) is 6.08 Å². The molecule has 1 aliphatic heterocycles. The number of hydrogen-bond acceptors (Lipinski definition) is 4. The maximum absolute atomic E-state index is 12.3. The maximum Gasteiger partial charge on any atom is 0.244 e. The number of benzene rings is 2. The summed E-state index contributed by atoms with van der Waals surface area (Å²) < 4.78 is 5.62. The van der Waals surface area contributed by atoms with Crippen molar-refractivity contribution >= 4 is 23.0 Å². The highest BCUT2D eigenvalue weighted by molar-refractivity contribution is 5.92. The van der Waals surface area contributed by atoms with Crippen molar-refractivity contribution in [2.45, 2.75) is 12.5 Å². The Bertz CT molecular complexity index is 952. The van der Waals surface area contributed by atoms with Crippen LogP contribution in [0.3, 0.4) is 0 Å². The zero-order valence-electron chi connectivity index (χ0n) is 13.6. The zero-order valence-corrected chi connectivity index (χ0v) is 13.6. The molecule has 1 amide bonds. The highest BCUT2D eigenvalue weighted by Gasteiger charge is 2.21. The van der Waals surface area contributed by atoms with Crippen LogP contribution in [-0.2, 0) is 4.79 Å². The molecule has 1 aliphatic rings. The Labute approximate surface area is 145 Å². The number of carbonyl (C=O) groups excluding carboxylic acids is 1. The Morgan fingerprint density at radius 3 is 2.84 bits per heavy atom. The van der Waals surface area contributed by atoms with Crippen LogP contribution in [0.15, 0.2) is 60.8 Å². The van der Waals surface area contributed by atoms with Crippen LogP contribution in [0.2, 0.25) is 0 Å². The first-order chi connectivity index (χ1) is 12.3. The quantitative estimate of drug-likeness (QED) is 0.748. The van der Waals surface area contributed by atoms with E-state index in [1.54, 1.807) is 12.3 Å². The number of amides is 1. The molecule has 2 aromatic carbocycles. The van der Waals surface area contributed by atoms with Crippen molar-refractivity contribution in [2.24, 2.45) is 0 Å². The molecule has 0 saturated heterocycles. The summed E-state index contributed by atoms with van der Waals surface area (Å²) in [6.45, 7) is 0.599. The molecule has 0 spiro atoms. The molecule has 5 heteroatoms. The Kier molecular flexibility index (Phi) is 4.12. The number of hydrogen-bond donors (Lipinski definition) is 1. The van der Waals surface area contributed by atoms with Crippen LogP contribution in [0.1, 0.15) is 23.7 Å². The van der Waals surface area contributed by atoms with Gasteiger partial charge in [0.2, 0.25) is 5.91 Å². The molecule has 1 aromatic heterocycles. The SMILES string of the molecule is O=C(/C=C/c1cnc2ccccc2n1)NC1CCOc2ccccc21. The molecular weight excluding hydrogens is 314 g/mol. The number of fused-ring (bicyclic) bond motifs is 2. The maximum atomic E-state index is 12.3. The van der Waals surface area contributed by atoms with E-state index in [9.17, 15) is 4.79 Å². The average Bonchev–Trinajstić information content (AvgIpc) is 2.66. The van der Waals surface area contributed by atoms with Gasteiger partial charge >= 0.3 is 0 Å². The van der Waals surface area contributed by atoms with Gasteiger partial charge in [0.25, 0.3) is 0 Å². The number of carbonyl (C=O) groups is 1. The molecule has 0 radical (unpaired) electrons. The van der Waals surface area contributed by atoms with Crippen LogP contribution < -0.4 is 10.1 Å². The summed E-state index contributed by atoms with van der Waals surface area (Å²) in [7, 11) is 0. The van der Waals surface area contributed by atoms with E-state index in [-0.39, 0.29) is 11.9 Å². The second-order valence-electron chi connectivity index (χ2n) is 5.85. The first-order valence-corrected chi connectivity index (χ1v) is 8.22. The number of ether oxygens (including phenoxy) is 1. The smallest absolute Gasteiger partial charge is 0.244 e. The second-order valence-corrected chi connectivity index (χ2v) is 5.85. The van der Waals surface area contributed by atoms with Crippen molar-refractivity contribution in [2.75, 3.05) is 6.61 Å². The van der Waals surface area contributed by atoms with E-state index in [4.69, 9.17) is 4.74 Å². The predicted octanol–water partition coefficient (Wildman–Crippen LogP) is 3.28. The summed E-state index contributed by atoms with van der Waals surface area (Å²) in [5.74, 6) is 0.681. The number of nitrogens with one attached hydrogen (secondary N) is 1. The summed E-state index contributed by atoms with van der Waals surface area (Å²) in [4.78, 5) is 21.1. The van der Waals surface area contributed by atoms with Crippen molar-refractivity contribution in [3.8, 4) is 5.75 Å². The Hall–Kier alpha value is -3.21. The van der Waals surface area contributed by atoms with E-state index in [1.807, 2.05) is 48.5 Å². The van der Waals surface area contributed by atoms with Crippen LogP contribution in [0.4, 0.5) is 0 Å². The fraction of sp³-hybridized carbons (Fsp3) is 0.150. The minimum absolute atomic E-state index is 0.0372. The van der Waals surface area contributed by atoms with Gasteiger partial charge in [-0.1, -0.05) is 30.3 Å². The van der Waals surface area contributed by atoms with E-state index in [0.717, 1.165) is 28.8 Å². The molecular formula is C20H17N3O2. The minimum Gasteiger partial charge on any atom is -0.493 e. The fourth-order valence-electron chi connectivity index (χ4n) is 2.92. The van der Waals surface area contributed by atoms with Gasteiger partial charge in [-0.3, -0.25) is 9.78 Å². The lowest BCUT2D eigenvalue weighted by Gasteiger charge is -2.26. The number of para-hydroxylation sites is 3. The van der Waals surface area contributed by atoms with Crippen LogP contribution >= 0.6 is 0 Å². The van der Waals surface area contributed by atoms with Gasteiger partial charge in [0.05, 0.1) is 35.6 Å². The van der Waals surface area contributed by atoms with Gasteiger partial charge in [-0.05, 0) is 24.3 Å². The lowest BCUT2D eigenvalue weighted by Crippen LogP contribution is -2.30. The van der Waals surface area contributed by atoms with E-state index >= 15 is 0 Å². The van der Waals surface area contributed by atoms with Gasteiger partial charge in [-0.15, -0.1) is 0 Å². The molecule has 25 heavy (non-hydrogen) atoms. The molecule has 4 rings (SSSR count). The molecule has 3 aromatic rings. The second kappa shape index (κ2) is 6.73. The highest BCUT2D eigenvalue weighted by Crippen LogP contribution is 2.31. The summed E-state index contributed by atoms with van der Waals surface area (Å²) in [5.41, 5.74) is 3.31. The van der Waals surface area contributed by atoms with Gasteiger partial charge in [-0.25, -0.2) is 4.98 Å². The first kappa shape index (κ1) is 15.3. The van der Waals surface area contributed by atoms with Crippen molar-refractivity contribution < 1.29 is 9.53 Å². The van der Waals surface area contributed by atoms with Gasteiger partial charge < -0.3 is 10.1 Å². The van der Waals surface area contributed by atoms with Crippen molar-refractivity contribution in [1.29, 1.82) is 0 Å². The fourth-order valence-corrected chi connectivity index (χ4v) is 2.92. The monoisotopic (exact) mass is 331 g/mol. The topological polar surface area (TPSA) is 64.1 Å². The summed E-state index contributed by atoms with van der Waals surface area (Å²) in [5, 5.41) is 3.03. The van der Waals surface area contributed by atoms with Crippen molar-refractivity contribution in [3.63, 3.8) is 0 Å². The summed E-state index contributed by atoms with van der Waals surface area (Å²) >= 11 is 0. The third kappa shape index (κ3) is 3.35. The molecule has 1 unspecified atom stereocenters. The molecule has 124 valence electrons. The van der Waals surface area contributed by atoms with Gasteiger partial charge in [0, 0.05) is 18.1 Å². The number of aromatic nitrogens is 2. The van der Waals surface area contributed by atoms with Gasteiger partial charge in [-0.2, -0.15) is 0 Å². The van der Waals surface area contributed by atoms with Gasteiger partial charge in [0.15, 0.2) is 0 Å². The molecule has 0 fully saturated rings. The highest BCUT2D eigenvalue weighted by atomic mass is 16.5. The molecule has 2 heterocycles. The van der Waals surface area contributed by atoms with Crippen LogP contribution in [0, 0.1) is 0 Å². The minimum atomic E-state index is -0.156. The molecule has 0 aliphatic carbocycles. The molecule has 0 bridgehead atoms.